The van der Waals surface area contributed by atoms with Crippen LogP contribution < -0.4 is 9.47 Å². The first-order valence-electron chi connectivity index (χ1n) is 9.82. The van der Waals surface area contributed by atoms with E-state index in [1.165, 1.54) is 12.8 Å². The molecule has 0 aliphatic carbocycles. The first kappa shape index (κ1) is 22.2. The van der Waals surface area contributed by atoms with E-state index in [1.54, 1.807) is 24.3 Å². The van der Waals surface area contributed by atoms with Crippen LogP contribution in [0.15, 0.2) is 24.3 Å². The van der Waals surface area contributed by atoms with Crippen LogP contribution >= 0.6 is 0 Å². The molecule has 0 bridgehead atoms. The molecule has 1 aromatic carbocycles. The zero-order valence-corrected chi connectivity index (χ0v) is 16.8. The molecule has 0 radical (unpaired) electrons. The maximum absolute atomic E-state index is 12.1. The van der Waals surface area contributed by atoms with E-state index in [2.05, 4.69) is 20.8 Å². The Hall–Kier alpha value is -1.84. The minimum atomic E-state index is -0.297. The zero-order valence-electron chi connectivity index (χ0n) is 16.8. The van der Waals surface area contributed by atoms with Crippen LogP contribution in [0.3, 0.4) is 0 Å². The third-order valence-corrected chi connectivity index (χ3v) is 4.09. The first-order chi connectivity index (χ1) is 12.3. The molecular formula is C22H34O4. The Kier molecular flexibility index (Phi) is 10.0. The smallest absolute Gasteiger partial charge is 0.311 e. The lowest BCUT2D eigenvalue weighted by Crippen LogP contribution is -2.12. The summed E-state index contributed by atoms with van der Waals surface area (Å²) in [6, 6.07) is 6.83. The van der Waals surface area contributed by atoms with Gasteiger partial charge in [-0.3, -0.25) is 9.59 Å². The fraction of sp³-hybridized carbons (Fsp3) is 0.636. The summed E-state index contributed by atoms with van der Waals surface area (Å²) in [5, 5.41) is 0. The SMILES string of the molecule is CCCCC(=O)Oc1ccccc1OC(=O)CCCCCCC(C)(C)C. The van der Waals surface area contributed by atoms with Crippen LogP contribution in [0.2, 0.25) is 0 Å². The molecule has 0 N–H and O–H groups in total. The molecule has 4 heteroatoms. The molecule has 4 nitrogen and oxygen atoms in total. The van der Waals surface area contributed by atoms with Crippen LogP contribution in [0.4, 0.5) is 0 Å². The number of ether oxygens (including phenoxy) is 2. The molecule has 146 valence electrons. The average molecular weight is 363 g/mol. The van der Waals surface area contributed by atoms with Gasteiger partial charge in [-0.1, -0.05) is 65.5 Å². The Bertz CT molecular complexity index is 558. The number of benzene rings is 1. The number of para-hydroxylation sites is 2. The van der Waals surface area contributed by atoms with Crippen molar-refractivity contribution < 1.29 is 19.1 Å². The Morgan fingerprint density at radius 2 is 1.31 bits per heavy atom. The molecule has 0 heterocycles. The molecule has 0 unspecified atom stereocenters. The van der Waals surface area contributed by atoms with Gasteiger partial charge in [-0.2, -0.15) is 0 Å². The third-order valence-electron chi connectivity index (χ3n) is 4.09. The zero-order chi connectivity index (χ0) is 19.4. The highest BCUT2D eigenvalue weighted by molar-refractivity contribution is 5.76. The van der Waals surface area contributed by atoms with Crippen molar-refractivity contribution >= 4 is 11.9 Å². The topological polar surface area (TPSA) is 52.6 Å². The predicted molar refractivity (Wildman–Crippen MR) is 104 cm³/mol. The Balaban J connectivity index is 2.36. The maximum atomic E-state index is 12.1. The van der Waals surface area contributed by atoms with E-state index in [1.807, 2.05) is 6.92 Å². The Labute approximate surface area is 158 Å². The van der Waals surface area contributed by atoms with E-state index in [9.17, 15) is 9.59 Å². The molecule has 1 rings (SSSR count). The molecule has 0 saturated heterocycles. The highest BCUT2D eigenvalue weighted by Crippen LogP contribution is 2.28. The number of rotatable bonds is 11. The minimum absolute atomic E-state index is 0.280. The van der Waals surface area contributed by atoms with Crippen molar-refractivity contribution in [2.24, 2.45) is 5.41 Å². The predicted octanol–water partition coefficient (Wildman–Crippen LogP) is 6.07. The number of hydrogen-bond donors (Lipinski definition) is 0. The van der Waals surface area contributed by atoms with Crippen LogP contribution in [0.1, 0.15) is 85.5 Å². The number of carbonyl (C=O) groups is 2. The van der Waals surface area contributed by atoms with Crippen molar-refractivity contribution in [2.45, 2.75) is 85.5 Å². The van der Waals surface area contributed by atoms with Crippen LogP contribution in [0.5, 0.6) is 11.5 Å². The monoisotopic (exact) mass is 362 g/mol. The van der Waals surface area contributed by atoms with Gasteiger partial charge < -0.3 is 9.47 Å². The summed E-state index contributed by atoms with van der Waals surface area (Å²) in [7, 11) is 0. The van der Waals surface area contributed by atoms with E-state index in [-0.39, 0.29) is 11.9 Å². The van der Waals surface area contributed by atoms with Gasteiger partial charge in [0.2, 0.25) is 0 Å². The lowest BCUT2D eigenvalue weighted by molar-refractivity contribution is -0.137. The number of unbranched alkanes of at least 4 members (excludes halogenated alkanes) is 4. The van der Waals surface area contributed by atoms with Crippen LogP contribution in [0.25, 0.3) is 0 Å². The van der Waals surface area contributed by atoms with Crippen molar-refractivity contribution in [1.82, 2.24) is 0 Å². The van der Waals surface area contributed by atoms with Gasteiger partial charge in [-0.25, -0.2) is 0 Å². The normalized spacial score (nSPS) is 11.2. The van der Waals surface area contributed by atoms with Crippen LogP contribution in [-0.2, 0) is 9.59 Å². The Morgan fingerprint density at radius 3 is 1.81 bits per heavy atom. The maximum Gasteiger partial charge on any atom is 0.311 e. The Morgan fingerprint density at radius 1 is 0.808 bits per heavy atom. The molecule has 0 atom stereocenters. The standard InChI is InChI=1S/C22H34O4/c1-5-6-15-20(23)25-18-13-10-11-14-19(18)26-21(24)16-9-7-8-12-17-22(2,3)4/h10-11,13-14H,5-9,12,15-17H2,1-4H3. The van der Waals surface area contributed by atoms with E-state index in [0.29, 0.717) is 29.8 Å². The molecule has 0 aliphatic heterocycles. The van der Waals surface area contributed by atoms with Gasteiger partial charge in [0.25, 0.3) is 0 Å². The van der Waals surface area contributed by atoms with Gasteiger partial charge in [0.1, 0.15) is 0 Å². The van der Waals surface area contributed by atoms with Crippen molar-refractivity contribution in [3.63, 3.8) is 0 Å². The second kappa shape index (κ2) is 11.7. The summed E-state index contributed by atoms with van der Waals surface area (Å²) in [6.45, 7) is 8.76. The fourth-order valence-electron chi connectivity index (χ4n) is 2.57. The van der Waals surface area contributed by atoms with Gasteiger partial charge in [0, 0.05) is 12.8 Å². The van der Waals surface area contributed by atoms with Gasteiger partial charge in [0.15, 0.2) is 11.5 Å². The van der Waals surface area contributed by atoms with Crippen molar-refractivity contribution in [1.29, 1.82) is 0 Å². The molecule has 26 heavy (non-hydrogen) atoms. The summed E-state index contributed by atoms with van der Waals surface area (Å²) >= 11 is 0. The van der Waals surface area contributed by atoms with Crippen molar-refractivity contribution in [3.8, 4) is 11.5 Å². The highest BCUT2D eigenvalue weighted by atomic mass is 16.6. The first-order valence-corrected chi connectivity index (χ1v) is 9.82. The van der Waals surface area contributed by atoms with Gasteiger partial charge in [-0.05, 0) is 36.8 Å². The molecule has 0 saturated carbocycles. The van der Waals surface area contributed by atoms with Crippen molar-refractivity contribution in [3.05, 3.63) is 24.3 Å². The molecule has 0 aromatic heterocycles. The molecule has 1 aromatic rings. The van der Waals surface area contributed by atoms with Gasteiger partial charge in [0.05, 0.1) is 0 Å². The van der Waals surface area contributed by atoms with Crippen LogP contribution in [0, 0.1) is 5.41 Å². The molecule has 0 amide bonds. The highest BCUT2D eigenvalue weighted by Gasteiger charge is 2.13. The minimum Gasteiger partial charge on any atom is -0.423 e. The van der Waals surface area contributed by atoms with E-state index < -0.39 is 0 Å². The molecule has 0 aliphatic rings. The average Bonchev–Trinajstić information content (AvgIpc) is 2.57. The van der Waals surface area contributed by atoms with Gasteiger partial charge in [-0.15, -0.1) is 0 Å². The van der Waals surface area contributed by atoms with E-state index in [4.69, 9.17) is 9.47 Å². The lowest BCUT2D eigenvalue weighted by atomic mass is 9.89. The summed E-state index contributed by atoms with van der Waals surface area (Å²) in [4.78, 5) is 23.8. The fourth-order valence-corrected chi connectivity index (χ4v) is 2.57. The second-order valence-electron chi connectivity index (χ2n) is 7.97. The number of carbonyl (C=O) groups excluding carboxylic acids is 2. The molecular weight excluding hydrogens is 328 g/mol. The van der Waals surface area contributed by atoms with Crippen molar-refractivity contribution in [2.75, 3.05) is 0 Å². The lowest BCUT2D eigenvalue weighted by Gasteiger charge is -2.17. The third kappa shape index (κ3) is 10.2. The van der Waals surface area contributed by atoms with Gasteiger partial charge >= 0.3 is 11.9 Å². The number of hydrogen-bond acceptors (Lipinski definition) is 4. The van der Waals surface area contributed by atoms with E-state index in [0.717, 1.165) is 32.1 Å². The molecule has 0 fully saturated rings. The summed E-state index contributed by atoms with van der Waals surface area (Å²) in [5.41, 5.74) is 0.372. The quantitative estimate of drug-likeness (QED) is 0.272. The summed E-state index contributed by atoms with van der Waals surface area (Å²) in [6.07, 6.45) is 7.85. The second-order valence-corrected chi connectivity index (χ2v) is 7.97. The number of esters is 2. The summed E-state index contributed by atoms with van der Waals surface area (Å²) < 4.78 is 10.7. The largest absolute Gasteiger partial charge is 0.423 e. The summed E-state index contributed by atoms with van der Waals surface area (Å²) in [5.74, 6) is 0.0503. The van der Waals surface area contributed by atoms with E-state index >= 15 is 0 Å². The van der Waals surface area contributed by atoms with Crippen LogP contribution in [-0.4, -0.2) is 11.9 Å². The molecule has 0 spiro atoms.